The Balaban J connectivity index is 2.54. The minimum Gasteiger partial charge on any atom is -0.318 e. The number of nitrogens with one attached hydrogen (secondary N) is 1. The van der Waals surface area contributed by atoms with Crippen LogP contribution in [0.4, 0.5) is 5.69 Å². The molecule has 1 aliphatic rings. The predicted octanol–water partition coefficient (Wildman–Crippen LogP) is 1.56. The lowest BCUT2D eigenvalue weighted by Gasteiger charge is -1.89. The number of nitrogens with zero attached hydrogens (tertiary/aromatic N) is 2. The van der Waals surface area contributed by atoms with Crippen LogP contribution in [0.25, 0.3) is 0 Å². The highest BCUT2D eigenvalue weighted by atomic mass is 33.1. The predicted molar refractivity (Wildman–Crippen MR) is 39.1 cm³/mol. The molecule has 0 atom stereocenters. The van der Waals surface area contributed by atoms with Gasteiger partial charge in [-0.05, 0) is 16.9 Å². The lowest BCUT2D eigenvalue weighted by molar-refractivity contribution is 0.941. The quantitative estimate of drug-likeness (QED) is 0.457. The fraction of sp³-hybridized carbons (Fsp3) is 0. The zero-order valence-electron chi connectivity index (χ0n) is 4.37. The molecule has 5 heteroatoms. The highest BCUT2D eigenvalue weighted by Gasteiger charge is 2.11. The van der Waals surface area contributed by atoms with Gasteiger partial charge in [0.1, 0.15) is 0 Å². The topological polar surface area (TPSA) is 37.8 Å². The SMILES string of the molecule is c1cc2c(nn1)SSN2. The largest absolute Gasteiger partial charge is 0.318 e. The maximum atomic E-state index is 3.89. The summed E-state index contributed by atoms with van der Waals surface area (Å²) >= 11 is 0. The molecule has 0 amide bonds. The van der Waals surface area contributed by atoms with Crippen molar-refractivity contribution in [2.24, 2.45) is 0 Å². The van der Waals surface area contributed by atoms with Crippen LogP contribution >= 0.6 is 21.8 Å². The molecule has 0 bridgehead atoms. The second kappa shape index (κ2) is 2.07. The van der Waals surface area contributed by atoms with Gasteiger partial charge in [-0.25, -0.2) is 0 Å². The van der Waals surface area contributed by atoms with Crippen molar-refractivity contribution in [3.05, 3.63) is 12.3 Å². The third kappa shape index (κ3) is 0.859. The number of hydrogen-bond donors (Lipinski definition) is 1. The molecule has 1 aliphatic heterocycles. The Morgan fingerprint density at radius 2 is 2.56 bits per heavy atom. The van der Waals surface area contributed by atoms with Gasteiger partial charge in [0, 0.05) is 11.0 Å². The standard InChI is InChI=1S/C4H3N3S2/c1-2-5-6-4-3(1)7-9-8-4/h1-2,7H. The summed E-state index contributed by atoms with van der Waals surface area (Å²) in [6.07, 6.45) is 1.68. The van der Waals surface area contributed by atoms with E-state index < -0.39 is 0 Å². The Morgan fingerprint density at radius 1 is 1.56 bits per heavy atom. The maximum Gasteiger partial charge on any atom is 0.155 e. The summed E-state index contributed by atoms with van der Waals surface area (Å²) in [4.78, 5) is 0. The van der Waals surface area contributed by atoms with E-state index >= 15 is 0 Å². The minimum atomic E-state index is 0.975. The molecule has 0 saturated heterocycles. The van der Waals surface area contributed by atoms with E-state index in [1.165, 1.54) is 0 Å². The van der Waals surface area contributed by atoms with Crippen molar-refractivity contribution in [3.63, 3.8) is 0 Å². The number of anilines is 1. The lowest BCUT2D eigenvalue weighted by Crippen LogP contribution is -1.83. The summed E-state index contributed by atoms with van der Waals surface area (Å²) in [5.41, 5.74) is 1.07. The highest BCUT2D eigenvalue weighted by Crippen LogP contribution is 2.41. The Morgan fingerprint density at radius 3 is 3.44 bits per heavy atom. The van der Waals surface area contributed by atoms with Crippen LogP contribution in [0.15, 0.2) is 17.3 Å². The molecule has 2 heterocycles. The summed E-state index contributed by atoms with van der Waals surface area (Å²) < 4.78 is 3.08. The second-order valence-corrected chi connectivity index (χ2v) is 3.44. The first-order chi connectivity index (χ1) is 4.47. The smallest absolute Gasteiger partial charge is 0.155 e. The first-order valence-corrected chi connectivity index (χ1v) is 4.53. The van der Waals surface area contributed by atoms with Crippen molar-refractivity contribution < 1.29 is 0 Å². The van der Waals surface area contributed by atoms with E-state index in [1.807, 2.05) is 6.07 Å². The molecule has 1 aromatic heterocycles. The van der Waals surface area contributed by atoms with Crippen LogP contribution in [0, 0.1) is 0 Å². The van der Waals surface area contributed by atoms with Gasteiger partial charge in [-0.2, -0.15) is 5.10 Å². The van der Waals surface area contributed by atoms with Crippen LogP contribution in [-0.2, 0) is 0 Å². The van der Waals surface area contributed by atoms with Crippen LogP contribution in [-0.4, -0.2) is 10.2 Å². The molecule has 0 fully saturated rings. The molecule has 0 spiro atoms. The van der Waals surface area contributed by atoms with Gasteiger partial charge in [0.2, 0.25) is 0 Å². The number of aromatic nitrogens is 2. The average molecular weight is 157 g/mol. The van der Waals surface area contributed by atoms with Crippen molar-refractivity contribution in [2.75, 3.05) is 4.72 Å². The van der Waals surface area contributed by atoms with Crippen LogP contribution in [0.5, 0.6) is 0 Å². The lowest BCUT2D eigenvalue weighted by atomic mass is 10.5. The summed E-state index contributed by atoms with van der Waals surface area (Å²) in [5.74, 6) is 0. The van der Waals surface area contributed by atoms with Crippen molar-refractivity contribution in [2.45, 2.75) is 5.03 Å². The Hall–Kier alpha value is -0.420. The molecule has 0 radical (unpaired) electrons. The van der Waals surface area contributed by atoms with Gasteiger partial charge in [-0.1, -0.05) is 0 Å². The van der Waals surface area contributed by atoms with Crippen molar-refractivity contribution >= 4 is 27.5 Å². The molecule has 0 saturated carbocycles. The fourth-order valence-corrected chi connectivity index (χ4v) is 2.29. The van der Waals surface area contributed by atoms with Gasteiger partial charge >= 0.3 is 0 Å². The third-order valence-corrected chi connectivity index (χ3v) is 2.78. The van der Waals surface area contributed by atoms with E-state index in [1.54, 1.807) is 28.0 Å². The Kier molecular flexibility index (Phi) is 1.24. The van der Waals surface area contributed by atoms with Gasteiger partial charge in [-0.15, -0.1) is 5.10 Å². The van der Waals surface area contributed by atoms with Gasteiger partial charge in [0.15, 0.2) is 5.03 Å². The monoisotopic (exact) mass is 157 g/mol. The van der Waals surface area contributed by atoms with Crippen LogP contribution in [0.3, 0.4) is 0 Å². The van der Waals surface area contributed by atoms with Gasteiger partial charge < -0.3 is 4.72 Å². The second-order valence-electron chi connectivity index (χ2n) is 1.52. The summed E-state index contributed by atoms with van der Waals surface area (Å²) in [6.45, 7) is 0. The van der Waals surface area contributed by atoms with E-state index in [2.05, 4.69) is 14.9 Å². The molecule has 3 nitrogen and oxygen atoms in total. The first-order valence-electron chi connectivity index (χ1n) is 2.38. The molecule has 46 valence electrons. The van der Waals surface area contributed by atoms with Gasteiger partial charge in [-0.3, -0.25) is 0 Å². The van der Waals surface area contributed by atoms with Gasteiger partial charge in [0.05, 0.1) is 11.9 Å². The molecule has 2 rings (SSSR count). The number of rotatable bonds is 0. The van der Waals surface area contributed by atoms with Crippen LogP contribution < -0.4 is 4.72 Å². The van der Waals surface area contributed by atoms with E-state index in [4.69, 9.17) is 0 Å². The molecule has 0 unspecified atom stereocenters. The zero-order valence-corrected chi connectivity index (χ0v) is 6.00. The first kappa shape index (κ1) is 5.37. The van der Waals surface area contributed by atoms with E-state index in [9.17, 15) is 0 Å². The minimum absolute atomic E-state index is 0.975. The molecule has 9 heavy (non-hydrogen) atoms. The molecule has 1 aromatic rings. The number of fused-ring (bicyclic) bond motifs is 1. The van der Waals surface area contributed by atoms with Crippen molar-refractivity contribution in [1.29, 1.82) is 0 Å². The molecule has 0 aliphatic carbocycles. The number of hydrogen-bond acceptors (Lipinski definition) is 5. The summed E-state index contributed by atoms with van der Waals surface area (Å²) in [6, 6.07) is 1.91. The van der Waals surface area contributed by atoms with Gasteiger partial charge in [0.25, 0.3) is 0 Å². The highest BCUT2D eigenvalue weighted by molar-refractivity contribution is 8.77. The summed E-state index contributed by atoms with van der Waals surface area (Å²) in [5, 5.41) is 8.60. The normalized spacial score (nSPS) is 14.7. The third-order valence-electron chi connectivity index (χ3n) is 0.959. The zero-order chi connectivity index (χ0) is 6.10. The maximum absolute atomic E-state index is 3.89. The van der Waals surface area contributed by atoms with Crippen LogP contribution in [0.2, 0.25) is 0 Å². The Labute approximate surface area is 60.2 Å². The van der Waals surface area contributed by atoms with E-state index in [-0.39, 0.29) is 0 Å². The Bertz CT molecular complexity index is 204. The molecular weight excluding hydrogens is 154 g/mol. The van der Waals surface area contributed by atoms with E-state index in [0.29, 0.717) is 0 Å². The average Bonchev–Trinajstić information content (AvgIpc) is 2.33. The van der Waals surface area contributed by atoms with Crippen molar-refractivity contribution in [3.8, 4) is 0 Å². The fourth-order valence-electron chi connectivity index (χ4n) is 0.563. The summed E-state index contributed by atoms with van der Waals surface area (Å²) in [7, 11) is 3.17. The van der Waals surface area contributed by atoms with Crippen LogP contribution in [0.1, 0.15) is 0 Å². The molecular formula is C4H3N3S2. The molecule has 1 N–H and O–H groups in total. The molecule has 0 aromatic carbocycles. The van der Waals surface area contributed by atoms with Crippen molar-refractivity contribution in [1.82, 2.24) is 10.2 Å². The van der Waals surface area contributed by atoms with E-state index in [0.717, 1.165) is 10.7 Å².